The molecule has 1 atom stereocenters. The molecular formula is C13H21N3O2. The number of carbonyl (C=O) groups excluding carboxylic acids is 1. The van der Waals surface area contributed by atoms with E-state index in [0.717, 1.165) is 12.0 Å². The smallest absolute Gasteiger partial charge is 0.269 e. The van der Waals surface area contributed by atoms with Crippen molar-refractivity contribution >= 4 is 11.7 Å². The number of carbonyl (C=O) groups is 1. The first-order valence-corrected chi connectivity index (χ1v) is 6.54. The first kappa shape index (κ1) is 12.9. The van der Waals surface area contributed by atoms with Crippen molar-refractivity contribution in [3.8, 4) is 0 Å². The summed E-state index contributed by atoms with van der Waals surface area (Å²) in [5.74, 6) is 1.17. The number of nitrogens with one attached hydrogen (secondary N) is 2. The third kappa shape index (κ3) is 2.21. The summed E-state index contributed by atoms with van der Waals surface area (Å²) in [4.78, 5) is 23.8. The Hall–Kier alpha value is -1.52. The molecule has 2 N–H and O–H groups in total. The number of aromatic amines is 1. The Morgan fingerprint density at radius 2 is 1.94 bits per heavy atom. The monoisotopic (exact) mass is 251 g/mol. The summed E-state index contributed by atoms with van der Waals surface area (Å²) in [5, 5.41) is 5.65. The van der Waals surface area contributed by atoms with Crippen molar-refractivity contribution in [2.75, 3.05) is 5.32 Å². The summed E-state index contributed by atoms with van der Waals surface area (Å²) in [7, 11) is 0. The number of H-pyrrole nitrogens is 1. The highest BCUT2D eigenvalue weighted by molar-refractivity contribution is 5.93. The fraction of sp³-hybridized carbons (Fsp3) is 0.692. The van der Waals surface area contributed by atoms with Crippen LogP contribution in [0.2, 0.25) is 0 Å². The van der Waals surface area contributed by atoms with E-state index in [1.54, 1.807) is 4.68 Å². The molecule has 1 aromatic rings. The van der Waals surface area contributed by atoms with Gasteiger partial charge in [0.25, 0.3) is 5.56 Å². The summed E-state index contributed by atoms with van der Waals surface area (Å²) in [6, 6.07) is 0.125. The number of aromatic nitrogens is 2. The van der Waals surface area contributed by atoms with Crippen LogP contribution < -0.4 is 10.9 Å². The van der Waals surface area contributed by atoms with Crippen LogP contribution in [0.1, 0.15) is 58.1 Å². The van der Waals surface area contributed by atoms with E-state index in [9.17, 15) is 9.59 Å². The SMILES string of the molecule is CC(C)C[C@@H]1CC(=O)Nc2c1c(=O)[nH]n2C(C)C. The largest absolute Gasteiger partial charge is 0.311 e. The van der Waals surface area contributed by atoms with Gasteiger partial charge in [0.2, 0.25) is 5.91 Å². The van der Waals surface area contributed by atoms with Crippen LogP contribution in [-0.2, 0) is 4.79 Å². The number of nitrogens with zero attached hydrogens (tertiary/aromatic N) is 1. The molecule has 0 unspecified atom stereocenters. The van der Waals surface area contributed by atoms with Crippen molar-refractivity contribution < 1.29 is 4.79 Å². The highest BCUT2D eigenvalue weighted by atomic mass is 16.2. The molecule has 2 heterocycles. The first-order chi connectivity index (χ1) is 8.40. The van der Waals surface area contributed by atoms with Crippen LogP contribution in [0.25, 0.3) is 0 Å². The number of fused-ring (bicyclic) bond motifs is 1. The van der Waals surface area contributed by atoms with Gasteiger partial charge >= 0.3 is 0 Å². The van der Waals surface area contributed by atoms with Crippen LogP contribution in [0.3, 0.4) is 0 Å². The zero-order valence-corrected chi connectivity index (χ0v) is 11.4. The Balaban J connectivity index is 2.49. The average Bonchev–Trinajstić information content (AvgIpc) is 2.54. The lowest BCUT2D eigenvalue weighted by Crippen LogP contribution is -2.27. The lowest BCUT2D eigenvalue weighted by atomic mass is 9.86. The molecule has 100 valence electrons. The van der Waals surface area contributed by atoms with Crippen molar-refractivity contribution in [1.82, 2.24) is 9.78 Å². The molecule has 1 amide bonds. The number of hydrogen-bond donors (Lipinski definition) is 2. The molecular weight excluding hydrogens is 230 g/mol. The first-order valence-electron chi connectivity index (χ1n) is 6.54. The molecule has 0 aliphatic carbocycles. The fourth-order valence-electron chi connectivity index (χ4n) is 2.64. The van der Waals surface area contributed by atoms with Gasteiger partial charge in [-0.25, -0.2) is 0 Å². The van der Waals surface area contributed by atoms with Gasteiger partial charge in [-0.2, -0.15) is 0 Å². The van der Waals surface area contributed by atoms with Crippen LogP contribution in [0.5, 0.6) is 0 Å². The van der Waals surface area contributed by atoms with Gasteiger partial charge in [0.05, 0.1) is 5.56 Å². The van der Waals surface area contributed by atoms with Crippen LogP contribution in [0.4, 0.5) is 5.82 Å². The van der Waals surface area contributed by atoms with Gasteiger partial charge in [0.1, 0.15) is 5.82 Å². The molecule has 0 radical (unpaired) electrons. The maximum absolute atomic E-state index is 12.1. The standard InChI is InChI=1S/C13H21N3O2/c1-7(2)5-9-6-10(17)14-12-11(9)13(18)15-16(12)8(3)4/h7-9H,5-6H2,1-4H3,(H,14,17)(H,15,18)/t9-/m1/s1. The van der Waals surface area contributed by atoms with Gasteiger partial charge < -0.3 is 5.32 Å². The number of amides is 1. The number of rotatable bonds is 3. The minimum absolute atomic E-state index is 0.00144. The molecule has 1 aromatic heterocycles. The van der Waals surface area contributed by atoms with Crippen molar-refractivity contribution in [3.63, 3.8) is 0 Å². The normalized spacial score (nSPS) is 19.2. The molecule has 0 bridgehead atoms. The molecule has 1 aliphatic heterocycles. The Labute approximate surface area is 107 Å². The van der Waals surface area contributed by atoms with Gasteiger partial charge in [-0.15, -0.1) is 0 Å². The van der Waals surface area contributed by atoms with Crippen LogP contribution in [0, 0.1) is 5.92 Å². The van der Waals surface area contributed by atoms with Crippen LogP contribution in [0.15, 0.2) is 4.79 Å². The van der Waals surface area contributed by atoms with Gasteiger partial charge in [-0.3, -0.25) is 19.4 Å². The van der Waals surface area contributed by atoms with Crippen molar-refractivity contribution in [3.05, 3.63) is 15.9 Å². The summed E-state index contributed by atoms with van der Waals surface area (Å²) < 4.78 is 1.75. The van der Waals surface area contributed by atoms with E-state index >= 15 is 0 Å². The van der Waals surface area contributed by atoms with Crippen LogP contribution >= 0.6 is 0 Å². The van der Waals surface area contributed by atoms with Crippen LogP contribution in [-0.4, -0.2) is 15.7 Å². The predicted octanol–water partition coefficient (Wildman–Crippen LogP) is 2.23. The third-order valence-corrected chi connectivity index (χ3v) is 3.33. The van der Waals surface area contributed by atoms with E-state index in [-0.39, 0.29) is 23.4 Å². The summed E-state index contributed by atoms with van der Waals surface area (Å²) >= 11 is 0. The zero-order chi connectivity index (χ0) is 13.4. The molecule has 5 heteroatoms. The molecule has 2 rings (SSSR count). The topological polar surface area (TPSA) is 66.9 Å². The Morgan fingerprint density at radius 1 is 1.28 bits per heavy atom. The molecule has 0 aromatic carbocycles. The number of hydrogen-bond acceptors (Lipinski definition) is 2. The third-order valence-electron chi connectivity index (χ3n) is 3.33. The van der Waals surface area contributed by atoms with Gasteiger partial charge in [-0.1, -0.05) is 13.8 Å². The van der Waals surface area contributed by atoms with E-state index in [4.69, 9.17) is 0 Å². The maximum Gasteiger partial charge on any atom is 0.269 e. The fourth-order valence-corrected chi connectivity index (χ4v) is 2.64. The van der Waals surface area contributed by atoms with E-state index in [1.807, 2.05) is 13.8 Å². The summed E-state index contributed by atoms with van der Waals surface area (Å²) in [6.45, 7) is 8.18. The highest BCUT2D eigenvalue weighted by Crippen LogP contribution is 2.34. The van der Waals surface area contributed by atoms with Gasteiger partial charge in [-0.05, 0) is 26.2 Å². The lowest BCUT2D eigenvalue weighted by Gasteiger charge is -2.24. The maximum atomic E-state index is 12.1. The summed E-state index contributed by atoms with van der Waals surface area (Å²) in [6.07, 6.45) is 1.28. The molecule has 0 fully saturated rings. The minimum atomic E-state index is -0.0654. The minimum Gasteiger partial charge on any atom is -0.311 e. The lowest BCUT2D eigenvalue weighted by molar-refractivity contribution is -0.117. The number of anilines is 1. The highest BCUT2D eigenvalue weighted by Gasteiger charge is 2.32. The van der Waals surface area contributed by atoms with Crippen molar-refractivity contribution in [2.45, 2.75) is 52.5 Å². The zero-order valence-electron chi connectivity index (χ0n) is 11.4. The molecule has 0 saturated carbocycles. The molecule has 1 aliphatic rings. The molecule has 0 saturated heterocycles. The van der Waals surface area contributed by atoms with Gasteiger partial charge in [0, 0.05) is 18.4 Å². The summed E-state index contributed by atoms with van der Waals surface area (Å²) in [5.41, 5.74) is 0.682. The Kier molecular flexibility index (Phi) is 3.32. The van der Waals surface area contributed by atoms with E-state index < -0.39 is 0 Å². The van der Waals surface area contributed by atoms with E-state index in [2.05, 4.69) is 24.3 Å². The second-order valence-electron chi connectivity index (χ2n) is 5.75. The van der Waals surface area contributed by atoms with Gasteiger partial charge in [0.15, 0.2) is 0 Å². The quantitative estimate of drug-likeness (QED) is 0.865. The van der Waals surface area contributed by atoms with Crippen molar-refractivity contribution in [2.24, 2.45) is 5.92 Å². The Bertz CT molecular complexity index is 511. The van der Waals surface area contributed by atoms with E-state index in [1.165, 1.54) is 0 Å². The average molecular weight is 251 g/mol. The van der Waals surface area contributed by atoms with E-state index in [0.29, 0.717) is 18.2 Å². The Morgan fingerprint density at radius 3 is 2.50 bits per heavy atom. The molecule has 5 nitrogen and oxygen atoms in total. The predicted molar refractivity (Wildman–Crippen MR) is 70.9 cm³/mol. The molecule has 18 heavy (non-hydrogen) atoms. The second kappa shape index (κ2) is 4.63. The molecule has 0 spiro atoms. The second-order valence-corrected chi connectivity index (χ2v) is 5.75. The van der Waals surface area contributed by atoms with Crippen molar-refractivity contribution in [1.29, 1.82) is 0 Å².